The number of amides is 1. The normalized spacial score (nSPS) is 18.0. The molecule has 0 aliphatic carbocycles. The summed E-state index contributed by atoms with van der Waals surface area (Å²) in [7, 11) is 1.60. The molecule has 3 aromatic rings. The van der Waals surface area contributed by atoms with Crippen molar-refractivity contribution in [2.24, 2.45) is 0 Å². The van der Waals surface area contributed by atoms with E-state index in [0.717, 1.165) is 16.9 Å². The predicted molar refractivity (Wildman–Crippen MR) is 139 cm³/mol. The molecule has 2 unspecified atom stereocenters. The highest BCUT2D eigenvalue weighted by atomic mass is 32.1. The summed E-state index contributed by atoms with van der Waals surface area (Å²) in [6.07, 6.45) is 6.47. The number of hydrogen-bond acceptors (Lipinski definition) is 4. The molecule has 0 spiro atoms. The fourth-order valence-corrected chi connectivity index (χ4v) is 4.49. The molecule has 1 aliphatic heterocycles. The number of hydrogen-bond donors (Lipinski definition) is 2. The van der Waals surface area contributed by atoms with Gasteiger partial charge in [0.2, 0.25) is 5.91 Å². The summed E-state index contributed by atoms with van der Waals surface area (Å²) in [5.74, 6) is 0.510. The molecular formula is C26H31N5O2S. The third kappa shape index (κ3) is 4.63. The van der Waals surface area contributed by atoms with Crippen LogP contribution in [0.5, 0.6) is 5.75 Å². The lowest BCUT2D eigenvalue weighted by atomic mass is 9.98. The Morgan fingerprint density at radius 2 is 2.03 bits per heavy atom. The molecule has 1 aromatic carbocycles. The Labute approximate surface area is 206 Å². The third-order valence-electron chi connectivity index (χ3n) is 5.99. The summed E-state index contributed by atoms with van der Waals surface area (Å²) in [6, 6.07) is 13.5. The van der Waals surface area contributed by atoms with Crippen molar-refractivity contribution >= 4 is 34.6 Å². The first kappa shape index (κ1) is 23.8. The maximum Gasteiger partial charge on any atom is 0.224 e. The maximum atomic E-state index is 11.9. The van der Waals surface area contributed by atoms with Crippen LogP contribution in [0.3, 0.4) is 0 Å². The molecule has 2 atom stereocenters. The zero-order chi connectivity index (χ0) is 24.5. The zero-order valence-electron chi connectivity index (χ0n) is 20.2. The molecule has 1 saturated heterocycles. The highest BCUT2D eigenvalue weighted by Gasteiger charge is 2.41. The second-order valence-corrected chi connectivity index (χ2v) is 9.69. The van der Waals surface area contributed by atoms with E-state index in [0.29, 0.717) is 23.0 Å². The lowest BCUT2D eigenvalue weighted by molar-refractivity contribution is -0.115. The Morgan fingerprint density at radius 1 is 1.24 bits per heavy atom. The van der Waals surface area contributed by atoms with E-state index in [4.69, 9.17) is 17.0 Å². The van der Waals surface area contributed by atoms with Crippen LogP contribution in [0.15, 0.2) is 61.1 Å². The number of nitrogens with one attached hydrogen (secondary N) is 2. The average molecular weight is 478 g/mol. The van der Waals surface area contributed by atoms with E-state index in [1.165, 1.54) is 0 Å². The molecule has 7 nitrogen and oxygen atoms in total. The van der Waals surface area contributed by atoms with E-state index in [2.05, 4.69) is 64.3 Å². The second-order valence-electron chi connectivity index (χ2n) is 9.31. The number of ether oxygens (including phenoxy) is 1. The highest BCUT2D eigenvalue weighted by Crippen LogP contribution is 2.43. The van der Waals surface area contributed by atoms with E-state index < -0.39 is 0 Å². The van der Waals surface area contributed by atoms with E-state index in [-0.39, 0.29) is 23.5 Å². The Morgan fingerprint density at radius 3 is 2.65 bits per heavy atom. The van der Waals surface area contributed by atoms with Crippen molar-refractivity contribution < 1.29 is 9.53 Å². The number of pyridine rings is 1. The van der Waals surface area contributed by atoms with Gasteiger partial charge in [-0.15, -0.1) is 0 Å². The van der Waals surface area contributed by atoms with Crippen LogP contribution in [0.25, 0.3) is 0 Å². The van der Waals surface area contributed by atoms with Gasteiger partial charge in [-0.3, -0.25) is 9.78 Å². The number of aromatic nitrogens is 2. The van der Waals surface area contributed by atoms with Crippen LogP contribution in [0.2, 0.25) is 0 Å². The van der Waals surface area contributed by atoms with Crippen molar-refractivity contribution in [3.05, 3.63) is 72.3 Å². The van der Waals surface area contributed by atoms with E-state index in [1.807, 2.05) is 43.3 Å². The lowest BCUT2D eigenvalue weighted by Crippen LogP contribution is -2.29. The van der Waals surface area contributed by atoms with Gasteiger partial charge in [0.15, 0.2) is 5.11 Å². The number of methoxy groups -OCH3 is 1. The molecule has 3 heterocycles. The van der Waals surface area contributed by atoms with Crippen LogP contribution in [-0.4, -0.2) is 27.7 Å². The van der Waals surface area contributed by atoms with Gasteiger partial charge in [-0.25, -0.2) is 0 Å². The first-order valence-corrected chi connectivity index (χ1v) is 11.8. The number of rotatable bonds is 6. The van der Waals surface area contributed by atoms with Crippen molar-refractivity contribution in [3.63, 3.8) is 0 Å². The topological polar surface area (TPSA) is 71.4 Å². The summed E-state index contributed by atoms with van der Waals surface area (Å²) < 4.78 is 7.82. The van der Waals surface area contributed by atoms with Crippen LogP contribution >= 0.6 is 12.2 Å². The molecule has 1 aliphatic rings. The predicted octanol–water partition coefficient (Wildman–Crippen LogP) is 5.17. The monoisotopic (exact) mass is 477 g/mol. The number of carbonyl (C=O) groups is 1. The molecule has 0 saturated carbocycles. The lowest BCUT2D eigenvalue weighted by Gasteiger charge is -2.28. The number of carbonyl (C=O) groups excluding carboxylic acids is 1. The molecule has 34 heavy (non-hydrogen) atoms. The Hall–Kier alpha value is -3.39. The quantitative estimate of drug-likeness (QED) is 0.477. The smallest absolute Gasteiger partial charge is 0.224 e. The van der Waals surface area contributed by atoms with Crippen molar-refractivity contribution in [1.82, 2.24) is 14.9 Å². The first-order valence-electron chi connectivity index (χ1n) is 11.4. The minimum Gasteiger partial charge on any atom is -0.494 e. The molecule has 178 valence electrons. The third-order valence-corrected chi connectivity index (χ3v) is 6.30. The van der Waals surface area contributed by atoms with Gasteiger partial charge < -0.3 is 24.8 Å². The van der Waals surface area contributed by atoms with Crippen LogP contribution in [0.4, 0.5) is 11.4 Å². The van der Waals surface area contributed by atoms with Crippen molar-refractivity contribution in [2.75, 3.05) is 17.3 Å². The van der Waals surface area contributed by atoms with Gasteiger partial charge in [0.25, 0.3) is 0 Å². The number of nitrogens with zero attached hydrogens (tertiary/aromatic N) is 3. The van der Waals surface area contributed by atoms with E-state index in [1.54, 1.807) is 13.3 Å². The number of anilines is 2. The largest absolute Gasteiger partial charge is 0.494 e. The fourth-order valence-electron chi connectivity index (χ4n) is 4.15. The Balaban J connectivity index is 1.79. The van der Waals surface area contributed by atoms with Gasteiger partial charge in [-0.2, -0.15) is 0 Å². The van der Waals surface area contributed by atoms with Gasteiger partial charge in [0.1, 0.15) is 5.75 Å². The van der Waals surface area contributed by atoms with Crippen molar-refractivity contribution in [2.45, 2.75) is 51.7 Å². The summed E-state index contributed by atoms with van der Waals surface area (Å²) in [4.78, 5) is 18.7. The average Bonchev–Trinajstić information content (AvgIpc) is 3.44. The standard InChI is InChI=1S/C26H31N5O2S/c1-6-22(32)28-19-11-10-18(15-21(19)33-5)31-24(17-12-14-30(16-17)26(2,3)4)23(29-25(31)34)20-9-7-8-13-27-20/h7-16,23-24H,6H2,1-5H3,(H,28,32)(H,29,34). The first-order chi connectivity index (χ1) is 16.2. The highest BCUT2D eigenvalue weighted by molar-refractivity contribution is 7.80. The SMILES string of the molecule is CCC(=O)Nc1ccc(N2C(=S)NC(c3ccccn3)C2c2ccn(C(C)(C)C)c2)cc1OC. The molecule has 0 radical (unpaired) electrons. The number of benzene rings is 1. The molecule has 2 N–H and O–H groups in total. The molecular weight excluding hydrogens is 446 g/mol. The van der Waals surface area contributed by atoms with Gasteiger partial charge >= 0.3 is 0 Å². The van der Waals surface area contributed by atoms with Crippen LogP contribution in [0.1, 0.15) is 57.5 Å². The van der Waals surface area contributed by atoms with Crippen LogP contribution < -0.4 is 20.3 Å². The van der Waals surface area contributed by atoms with E-state index >= 15 is 0 Å². The second kappa shape index (κ2) is 9.46. The fraction of sp³-hybridized carbons (Fsp3) is 0.346. The molecule has 1 fully saturated rings. The Kier molecular flexibility index (Phi) is 6.61. The molecule has 0 bridgehead atoms. The summed E-state index contributed by atoms with van der Waals surface area (Å²) in [5.41, 5.74) is 3.50. The molecule has 4 rings (SSSR count). The van der Waals surface area contributed by atoms with Gasteiger partial charge in [-0.1, -0.05) is 13.0 Å². The minimum atomic E-state index is -0.130. The van der Waals surface area contributed by atoms with E-state index in [9.17, 15) is 4.79 Å². The zero-order valence-corrected chi connectivity index (χ0v) is 21.0. The molecule has 1 amide bonds. The summed E-state index contributed by atoms with van der Waals surface area (Å²) in [6.45, 7) is 8.35. The van der Waals surface area contributed by atoms with Crippen LogP contribution in [0, 0.1) is 0 Å². The minimum absolute atomic E-state index is 0.0432. The van der Waals surface area contributed by atoms with Crippen molar-refractivity contribution in [1.29, 1.82) is 0 Å². The van der Waals surface area contributed by atoms with Gasteiger partial charge in [-0.05, 0) is 68.9 Å². The molecule has 8 heteroatoms. The van der Waals surface area contributed by atoms with Crippen LogP contribution in [-0.2, 0) is 10.3 Å². The molecule has 2 aromatic heterocycles. The van der Waals surface area contributed by atoms with Gasteiger partial charge in [0.05, 0.1) is 30.6 Å². The van der Waals surface area contributed by atoms with Gasteiger partial charge in [0, 0.05) is 42.3 Å². The maximum absolute atomic E-state index is 11.9. The van der Waals surface area contributed by atoms with Crippen molar-refractivity contribution in [3.8, 4) is 5.75 Å². The summed E-state index contributed by atoms with van der Waals surface area (Å²) >= 11 is 5.83. The Bertz CT molecular complexity index is 1190. The summed E-state index contributed by atoms with van der Waals surface area (Å²) in [5, 5.41) is 6.99. The number of thiocarbonyl (C=S) groups is 1.